The minimum Gasteiger partial charge on any atom is -0.322 e. The van der Waals surface area contributed by atoms with Gasteiger partial charge in [0.1, 0.15) is 5.82 Å². The van der Waals surface area contributed by atoms with E-state index in [9.17, 15) is 9.18 Å². The van der Waals surface area contributed by atoms with E-state index in [1.54, 1.807) is 18.2 Å². The Kier molecular flexibility index (Phi) is 5.10. The molecule has 0 aromatic heterocycles. The minimum absolute atomic E-state index is 0.207. The maximum absolute atomic E-state index is 13.7. The molecule has 0 aliphatic heterocycles. The van der Waals surface area contributed by atoms with Gasteiger partial charge < -0.3 is 5.32 Å². The molecule has 1 N–H and O–H groups in total. The van der Waals surface area contributed by atoms with Gasteiger partial charge in [-0.05, 0) is 48.5 Å². The van der Waals surface area contributed by atoms with Gasteiger partial charge in [0.15, 0.2) is 0 Å². The largest absolute Gasteiger partial charge is 0.322 e. The topological polar surface area (TPSA) is 32.3 Å². The van der Waals surface area contributed by atoms with Crippen molar-refractivity contribution in [3.8, 4) is 0 Å². The molecule has 0 saturated heterocycles. The number of anilines is 1. The van der Waals surface area contributed by atoms with Gasteiger partial charge in [0.2, 0.25) is 5.91 Å². The van der Waals surface area contributed by atoms with E-state index in [-0.39, 0.29) is 17.6 Å². The van der Waals surface area contributed by atoms with Crippen LogP contribution in [0, 0.1) is 5.82 Å². The summed E-state index contributed by atoms with van der Waals surface area (Å²) in [7, 11) is 1.89. The monoisotopic (exact) mass is 336 g/mol. The van der Waals surface area contributed by atoms with Crippen LogP contribution in [0.4, 0.5) is 10.1 Å². The molecular formula is C21H21FN2O. The van der Waals surface area contributed by atoms with Gasteiger partial charge in [0.25, 0.3) is 0 Å². The standard InChI is InChI=1S/C21H21FN2O/c1-15(21(25)23-20-10-6-5-9-19(20)22)24(2)14-16-11-12-17-7-3-4-8-18(17)13-16/h3-13,15H,14H2,1-2H3,(H,23,25). The lowest BCUT2D eigenvalue weighted by Crippen LogP contribution is -2.39. The van der Waals surface area contributed by atoms with Crippen molar-refractivity contribution >= 4 is 22.4 Å². The van der Waals surface area contributed by atoms with Gasteiger partial charge in [-0.25, -0.2) is 4.39 Å². The van der Waals surface area contributed by atoms with Crippen LogP contribution in [0.5, 0.6) is 0 Å². The molecule has 0 aliphatic carbocycles. The van der Waals surface area contributed by atoms with E-state index in [4.69, 9.17) is 0 Å². The second kappa shape index (κ2) is 7.45. The number of rotatable bonds is 5. The van der Waals surface area contributed by atoms with Crippen LogP contribution in [0.3, 0.4) is 0 Å². The summed E-state index contributed by atoms with van der Waals surface area (Å²) in [5.41, 5.74) is 1.34. The highest BCUT2D eigenvalue weighted by Crippen LogP contribution is 2.18. The van der Waals surface area contributed by atoms with Gasteiger partial charge in [-0.2, -0.15) is 0 Å². The van der Waals surface area contributed by atoms with Crippen molar-refractivity contribution < 1.29 is 9.18 Å². The number of carbonyl (C=O) groups excluding carboxylic acids is 1. The quantitative estimate of drug-likeness (QED) is 0.747. The van der Waals surface area contributed by atoms with Crippen molar-refractivity contribution in [1.82, 2.24) is 4.90 Å². The number of hydrogen-bond acceptors (Lipinski definition) is 2. The molecule has 0 fully saturated rings. The Bertz CT molecular complexity index is 894. The molecule has 0 spiro atoms. The number of fused-ring (bicyclic) bond motifs is 1. The van der Waals surface area contributed by atoms with E-state index < -0.39 is 5.82 Å². The minimum atomic E-state index is -0.430. The van der Waals surface area contributed by atoms with Crippen LogP contribution >= 0.6 is 0 Å². The van der Waals surface area contributed by atoms with E-state index in [0.29, 0.717) is 6.54 Å². The lowest BCUT2D eigenvalue weighted by atomic mass is 10.1. The van der Waals surface area contributed by atoms with Gasteiger partial charge in [0.05, 0.1) is 11.7 Å². The predicted octanol–water partition coefficient (Wildman–Crippen LogP) is 4.44. The number of halogens is 1. The van der Waals surface area contributed by atoms with Crippen molar-refractivity contribution in [3.05, 3.63) is 78.1 Å². The highest BCUT2D eigenvalue weighted by molar-refractivity contribution is 5.94. The zero-order chi connectivity index (χ0) is 17.8. The fraction of sp³-hybridized carbons (Fsp3) is 0.190. The summed E-state index contributed by atoms with van der Waals surface area (Å²) in [6, 6.07) is 20.3. The summed E-state index contributed by atoms with van der Waals surface area (Å²) in [6.07, 6.45) is 0. The van der Waals surface area contributed by atoms with E-state index in [2.05, 4.69) is 35.6 Å². The van der Waals surface area contributed by atoms with Crippen molar-refractivity contribution in [2.75, 3.05) is 12.4 Å². The Morgan fingerprint density at radius 1 is 1.04 bits per heavy atom. The van der Waals surface area contributed by atoms with Crippen LogP contribution in [0.1, 0.15) is 12.5 Å². The summed E-state index contributed by atoms with van der Waals surface area (Å²) in [5, 5.41) is 5.02. The molecule has 25 heavy (non-hydrogen) atoms. The summed E-state index contributed by atoms with van der Waals surface area (Å²) >= 11 is 0. The molecule has 3 aromatic rings. The highest BCUT2D eigenvalue weighted by Gasteiger charge is 2.19. The van der Waals surface area contributed by atoms with Crippen molar-refractivity contribution in [2.24, 2.45) is 0 Å². The molecule has 3 rings (SSSR count). The molecule has 3 aromatic carbocycles. The number of amides is 1. The van der Waals surface area contributed by atoms with Gasteiger partial charge in [-0.15, -0.1) is 0 Å². The average molecular weight is 336 g/mol. The summed E-state index contributed by atoms with van der Waals surface area (Å²) < 4.78 is 13.7. The molecule has 1 atom stereocenters. The summed E-state index contributed by atoms with van der Waals surface area (Å²) in [6.45, 7) is 2.45. The molecule has 0 saturated carbocycles. The Hall–Kier alpha value is -2.72. The van der Waals surface area contributed by atoms with Crippen molar-refractivity contribution in [1.29, 1.82) is 0 Å². The molecule has 3 nitrogen and oxygen atoms in total. The maximum Gasteiger partial charge on any atom is 0.241 e. The van der Waals surface area contributed by atoms with Crippen LogP contribution in [-0.2, 0) is 11.3 Å². The SMILES string of the molecule is CC(C(=O)Nc1ccccc1F)N(C)Cc1ccc2ccccc2c1. The first-order valence-electron chi connectivity index (χ1n) is 8.28. The van der Waals surface area contributed by atoms with Gasteiger partial charge >= 0.3 is 0 Å². The van der Waals surface area contributed by atoms with E-state index in [1.165, 1.54) is 16.8 Å². The Morgan fingerprint density at radius 2 is 1.72 bits per heavy atom. The number of likely N-dealkylation sites (N-methyl/N-ethyl adjacent to an activating group) is 1. The van der Waals surface area contributed by atoms with Crippen molar-refractivity contribution in [2.45, 2.75) is 19.5 Å². The van der Waals surface area contributed by atoms with E-state index in [1.807, 2.05) is 31.0 Å². The molecule has 128 valence electrons. The number of nitrogens with one attached hydrogen (secondary N) is 1. The third kappa shape index (κ3) is 4.03. The van der Waals surface area contributed by atoms with Crippen LogP contribution in [0.25, 0.3) is 10.8 Å². The van der Waals surface area contributed by atoms with Gasteiger partial charge in [-0.3, -0.25) is 9.69 Å². The molecule has 0 bridgehead atoms. The van der Waals surface area contributed by atoms with Gasteiger partial charge in [0, 0.05) is 6.54 Å². The van der Waals surface area contributed by atoms with Crippen LogP contribution < -0.4 is 5.32 Å². The number of benzene rings is 3. The molecule has 1 amide bonds. The summed E-state index contributed by atoms with van der Waals surface area (Å²) in [5.74, 6) is -0.659. The van der Waals surface area contributed by atoms with Crippen molar-refractivity contribution in [3.63, 3.8) is 0 Å². The summed E-state index contributed by atoms with van der Waals surface area (Å²) in [4.78, 5) is 14.3. The second-order valence-electron chi connectivity index (χ2n) is 6.24. The number of para-hydroxylation sites is 1. The van der Waals surface area contributed by atoms with E-state index in [0.717, 1.165) is 5.56 Å². The molecule has 0 radical (unpaired) electrons. The van der Waals surface area contributed by atoms with Crippen LogP contribution in [0.15, 0.2) is 66.7 Å². The first kappa shape index (κ1) is 17.1. The maximum atomic E-state index is 13.7. The smallest absolute Gasteiger partial charge is 0.241 e. The average Bonchev–Trinajstić information content (AvgIpc) is 2.62. The van der Waals surface area contributed by atoms with E-state index >= 15 is 0 Å². The molecular weight excluding hydrogens is 315 g/mol. The molecule has 1 unspecified atom stereocenters. The Labute approximate surface area is 147 Å². The molecule has 4 heteroatoms. The van der Waals surface area contributed by atoms with Crippen LogP contribution in [0.2, 0.25) is 0 Å². The predicted molar refractivity (Wildman–Crippen MR) is 99.9 cm³/mol. The lowest BCUT2D eigenvalue weighted by Gasteiger charge is -2.24. The number of hydrogen-bond donors (Lipinski definition) is 1. The zero-order valence-corrected chi connectivity index (χ0v) is 14.4. The molecule has 0 aliphatic rings. The highest BCUT2D eigenvalue weighted by atomic mass is 19.1. The lowest BCUT2D eigenvalue weighted by molar-refractivity contribution is -0.120. The Morgan fingerprint density at radius 3 is 2.48 bits per heavy atom. The van der Waals surface area contributed by atoms with Gasteiger partial charge in [-0.1, -0.05) is 48.5 Å². The number of carbonyl (C=O) groups is 1. The fourth-order valence-electron chi connectivity index (χ4n) is 2.76. The first-order valence-corrected chi connectivity index (χ1v) is 8.28. The third-order valence-electron chi connectivity index (χ3n) is 4.42. The second-order valence-corrected chi connectivity index (χ2v) is 6.24. The normalized spacial score (nSPS) is 12.3. The fourth-order valence-corrected chi connectivity index (χ4v) is 2.76. The van der Waals surface area contributed by atoms with Crippen LogP contribution in [-0.4, -0.2) is 23.9 Å². The zero-order valence-electron chi connectivity index (χ0n) is 14.4. The first-order chi connectivity index (χ1) is 12.0. The number of nitrogens with zero attached hydrogens (tertiary/aromatic N) is 1. The molecule has 0 heterocycles. The third-order valence-corrected chi connectivity index (χ3v) is 4.42. The Balaban J connectivity index is 1.67.